The third kappa shape index (κ3) is 2.38. The van der Waals surface area contributed by atoms with Crippen molar-refractivity contribution < 1.29 is 9.15 Å². The highest BCUT2D eigenvalue weighted by Gasteiger charge is 2.12. The normalized spacial score (nSPS) is 11.0. The lowest BCUT2D eigenvalue weighted by Gasteiger charge is -2.10. The predicted molar refractivity (Wildman–Crippen MR) is 81.7 cm³/mol. The summed E-state index contributed by atoms with van der Waals surface area (Å²) >= 11 is 0. The van der Waals surface area contributed by atoms with E-state index in [1.807, 2.05) is 25.1 Å². The smallest absolute Gasteiger partial charge is 0.420 e. The summed E-state index contributed by atoms with van der Waals surface area (Å²) in [6.07, 6.45) is 0. The SMILES string of the molecule is COc1ccc(C)cc1Cn1c(=O)oc2cc(N)ccc21. The number of oxazole rings is 1. The van der Waals surface area contributed by atoms with Crippen LogP contribution in [-0.4, -0.2) is 11.7 Å². The molecule has 3 rings (SSSR count). The van der Waals surface area contributed by atoms with Crippen LogP contribution in [0, 0.1) is 6.92 Å². The molecule has 0 aliphatic heterocycles. The summed E-state index contributed by atoms with van der Waals surface area (Å²) in [5.41, 5.74) is 9.53. The van der Waals surface area contributed by atoms with Gasteiger partial charge in [0.05, 0.1) is 19.2 Å². The van der Waals surface area contributed by atoms with E-state index in [2.05, 4.69) is 0 Å². The molecule has 1 aromatic heterocycles. The minimum absolute atomic E-state index is 0.389. The lowest BCUT2D eigenvalue weighted by Crippen LogP contribution is -2.15. The molecule has 0 bridgehead atoms. The molecular weight excluding hydrogens is 268 g/mol. The number of ether oxygens (including phenoxy) is 1. The van der Waals surface area contributed by atoms with Crippen LogP contribution < -0.4 is 16.2 Å². The molecule has 0 radical (unpaired) electrons. The van der Waals surface area contributed by atoms with Gasteiger partial charge in [-0.2, -0.15) is 0 Å². The number of hydrogen-bond acceptors (Lipinski definition) is 4. The van der Waals surface area contributed by atoms with Gasteiger partial charge in [-0.15, -0.1) is 0 Å². The fourth-order valence-corrected chi connectivity index (χ4v) is 2.43. The lowest BCUT2D eigenvalue weighted by atomic mass is 10.1. The first-order valence-electron chi connectivity index (χ1n) is 6.61. The van der Waals surface area contributed by atoms with Crippen LogP contribution in [0.25, 0.3) is 11.1 Å². The Morgan fingerprint density at radius 3 is 2.81 bits per heavy atom. The predicted octanol–water partition coefficient (Wildman–Crippen LogP) is 2.54. The number of aryl methyl sites for hydroxylation is 1. The van der Waals surface area contributed by atoms with E-state index < -0.39 is 5.76 Å². The van der Waals surface area contributed by atoms with Crippen LogP contribution in [0.4, 0.5) is 5.69 Å². The molecule has 0 saturated heterocycles. The average molecular weight is 284 g/mol. The zero-order chi connectivity index (χ0) is 15.0. The second-order valence-corrected chi connectivity index (χ2v) is 5.00. The molecule has 0 aliphatic carbocycles. The number of nitrogens with two attached hydrogens (primary N) is 1. The lowest BCUT2D eigenvalue weighted by molar-refractivity contribution is 0.407. The highest BCUT2D eigenvalue weighted by Crippen LogP contribution is 2.23. The summed E-state index contributed by atoms with van der Waals surface area (Å²) in [4.78, 5) is 12.1. The maximum Gasteiger partial charge on any atom is 0.420 e. The Balaban J connectivity index is 2.12. The number of aromatic nitrogens is 1. The van der Waals surface area contributed by atoms with Gasteiger partial charge >= 0.3 is 5.76 Å². The summed E-state index contributed by atoms with van der Waals surface area (Å²) in [6, 6.07) is 11.1. The van der Waals surface area contributed by atoms with Gasteiger partial charge in [-0.1, -0.05) is 17.7 Å². The standard InChI is InChI=1S/C16H16N2O3/c1-10-3-6-14(20-2)11(7-10)9-18-13-5-4-12(17)8-15(13)21-16(18)19/h3-8H,9,17H2,1-2H3. The van der Waals surface area contributed by atoms with Crippen molar-refractivity contribution >= 4 is 16.8 Å². The topological polar surface area (TPSA) is 70.4 Å². The number of hydrogen-bond donors (Lipinski definition) is 1. The first-order chi connectivity index (χ1) is 10.1. The average Bonchev–Trinajstić information content (AvgIpc) is 2.74. The molecular formula is C16H16N2O3. The first kappa shape index (κ1) is 13.3. The highest BCUT2D eigenvalue weighted by molar-refractivity contribution is 5.77. The van der Waals surface area contributed by atoms with Crippen molar-refractivity contribution in [2.24, 2.45) is 0 Å². The summed E-state index contributed by atoms with van der Waals surface area (Å²) in [6.45, 7) is 2.39. The molecule has 0 spiro atoms. The Morgan fingerprint density at radius 2 is 2.05 bits per heavy atom. The molecule has 0 amide bonds. The van der Waals surface area contributed by atoms with Gasteiger partial charge in [-0.3, -0.25) is 4.57 Å². The van der Waals surface area contributed by atoms with Crippen LogP contribution in [0.5, 0.6) is 5.75 Å². The van der Waals surface area contributed by atoms with Gasteiger partial charge in [0.1, 0.15) is 5.75 Å². The molecule has 0 atom stereocenters. The number of benzene rings is 2. The summed E-state index contributed by atoms with van der Waals surface area (Å²) < 4.78 is 12.2. The van der Waals surface area contributed by atoms with E-state index in [0.29, 0.717) is 17.8 Å². The van der Waals surface area contributed by atoms with Crippen LogP contribution in [0.3, 0.4) is 0 Å². The van der Waals surface area contributed by atoms with Crippen molar-refractivity contribution in [3.8, 4) is 5.75 Å². The summed E-state index contributed by atoms with van der Waals surface area (Å²) in [5, 5.41) is 0. The number of nitrogen functional groups attached to an aromatic ring is 1. The number of nitrogens with zero attached hydrogens (tertiary/aromatic N) is 1. The maximum absolute atomic E-state index is 12.1. The van der Waals surface area contributed by atoms with Crippen LogP contribution >= 0.6 is 0 Å². The maximum atomic E-state index is 12.1. The molecule has 2 aromatic carbocycles. The van der Waals surface area contributed by atoms with Gasteiger partial charge in [0.2, 0.25) is 0 Å². The number of methoxy groups -OCH3 is 1. The number of anilines is 1. The van der Waals surface area contributed by atoms with Crippen molar-refractivity contribution in [3.05, 3.63) is 58.1 Å². The van der Waals surface area contributed by atoms with Crippen molar-refractivity contribution in [1.82, 2.24) is 4.57 Å². The zero-order valence-electron chi connectivity index (χ0n) is 11.9. The second kappa shape index (κ2) is 5.01. The van der Waals surface area contributed by atoms with Crippen LogP contribution in [0.2, 0.25) is 0 Å². The van der Waals surface area contributed by atoms with Crippen molar-refractivity contribution in [3.63, 3.8) is 0 Å². The molecule has 108 valence electrons. The monoisotopic (exact) mass is 284 g/mol. The molecule has 21 heavy (non-hydrogen) atoms. The molecule has 5 heteroatoms. The Bertz CT molecular complexity index is 862. The minimum atomic E-state index is -0.404. The van der Waals surface area contributed by atoms with Gasteiger partial charge in [0, 0.05) is 17.3 Å². The summed E-state index contributed by atoms with van der Waals surface area (Å²) in [5.74, 6) is 0.344. The summed E-state index contributed by atoms with van der Waals surface area (Å²) in [7, 11) is 1.62. The molecule has 0 aliphatic rings. The molecule has 2 N–H and O–H groups in total. The molecule has 0 saturated carbocycles. The number of rotatable bonds is 3. The molecule has 0 unspecified atom stereocenters. The van der Waals surface area contributed by atoms with Gasteiger partial charge in [0.25, 0.3) is 0 Å². The first-order valence-corrected chi connectivity index (χ1v) is 6.61. The Kier molecular flexibility index (Phi) is 3.17. The Labute approximate surface area is 121 Å². The van der Waals surface area contributed by atoms with Gasteiger partial charge in [-0.05, 0) is 25.1 Å². The fraction of sp³-hybridized carbons (Fsp3) is 0.188. The van der Waals surface area contributed by atoms with Crippen LogP contribution in [-0.2, 0) is 6.54 Å². The van der Waals surface area contributed by atoms with Crippen LogP contribution in [0.1, 0.15) is 11.1 Å². The molecule has 1 heterocycles. The molecule has 3 aromatic rings. The molecule has 5 nitrogen and oxygen atoms in total. The fourth-order valence-electron chi connectivity index (χ4n) is 2.43. The van der Waals surface area contributed by atoms with E-state index in [0.717, 1.165) is 22.4 Å². The highest BCUT2D eigenvalue weighted by atomic mass is 16.5. The van der Waals surface area contributed by atoms with Gasteiger partial charge in [-0.25, -0.2) is 4.79 Å². The van der Waals surface area contributed by atoms with Crippen molar-refractivity contribution in [2.45, 2.75) is 13.5 Å². The van der Waals surface area contributed by atoms with Crippen molar-refractivity contribution in [2.75, 3.05) is 12.8 Å². The number of fused-ring (bicyclic) bond motifs is 1. The van der Waals surface area contributed by atoms with E-state index in [-0.39, 0.29) is 0 Å². The van der Waals surface area contributed by atoms with E-state index in [1.54, 1.807) is 29.9 Å². The van der Waals surface area contributed by atoms with Crippen molar-refractivity contribution in [1.29, 1.82) is 0 Å². The largest absolute Gasteiger partial charge is 0.496 e. The minimum Gasteiger partial charge on any atom is -0.496 e. The van der Waals surface area contributed by atoms with Crippen LogP contribution in [0.15, 0.2) is 45.6 Å². The quantitative estimate of drug-likeness (QED) is 0.750. The van der Waals surface area contributed by atoms with Gasteiger partial charge < -0.3 is 14.9 Å². The second-order valence-electron chi connectivity index (χ2n) is 5.00. The van der Waals surface area contributed by atoms with Gasteiger partial charge in [0.15, 0.2) is 5.58 Å². The third-order valence-corrected chi connectivity index (χ3v) is 3.46. The zero-order valence-corrected chi connectivity index (χ0v) is 11.9. The Hall–Kier alpha value is -2.69. The third-order valence-electron chi connectivity index (χ3n) is 3.46. The van der Waals surface area contributed by atoms with E-state index in [1.165, 1.54) is 0 Å². The van der Waals surface area contributed by atoms with E-state index in [9.17, 15) is 4.79 Å². The Morgan fingerprint density at radius 1 is 1.24 bits per heavy atom. The molecule has 0 fully saturated rings. The van der Waals surface area contributed by atoms with E-state index in [4.69, 9.17) is 14.9 Å². The van der Waals surface area contributed by atoms with E-state index >= 15 is 0 Å².